The van der Waals surface area contributed by atoms with E-state index in [2.05, 4.69) is 4.99 Å². The van der Waals surface area contributed by atoms with Crippen molar-refractivity contribution in [3.63, 3.8) is 0 Å². The minimum Gasteiger partial charge on any atom is -0.463 e. The lowest BCUT2D eigenvalue weighted by atomic mass is 10.3. The third-order valence-corrected chi connectivity index (χ3v) is 1.64. The van der Waals surface area contributed by atoms with Crippen LogP contribution in [0, 0.1) is 0 Å². The molecule has 0 bridgehead atoms. The molecule has 0 aromatic carbocycles. The maximum absolute atomic E-state index is 11.1. The summed E-state index contributed by atoms with van der Waals surface area (Å²) in [6.07, 6.45) is 1.01. The zero-order chi connectivity index (χ0) is 11.8. The van der Waals surface area contributed by atoms with Crippen molar-refractivity contribution in [1.29, 1.82) is 0 Å². The monoisotopic (exact) mass is 343 g/mol. The summed E-state index contributed by atoms with van der Waals surface area (Å²) >= 11 is 0. The van der Waals surface area contributed by atoms with Crippen LogP contribution in [0.25, 0.3) is 0 Å². The van der Waals surface area contributed by atoms with Gasteiger partial charge in [-0.2, -0.15) is 0 Å². The maximum Gasteiger partial charge on any atom is 0.306 e. The SMILES string of the molecule is CC(C)OC(=O)CCCN=C(N)N(C)C.I. The van der Waals surface area contributed by atoms with Gasteiger partial charge in [0.1, 0.15) is 0 Å². The topological polar surface area (TPSA) is 67.9 Å². The lowest BCUT2D eigenvalue weighted by Crippen LogP contribution is -2.30. The molecule has 0 fully saturated rings. The van der Waals surface area contributed by atoms with Gasteiger partial charge in [-0.15, -0.1) is 24.0 Å². The highest BCUT2D eigenvalue weighted by molar-refractivity contribution is 14.0. The molecule has 2 N–H and O–H groups in total. The first-order chi connectivity index (χ1) is 6.93. The Labute approximate surface area is 114 Å². The average Bonchev–Trinajstić information content (AvgIpc) is 2.10. The molecule has 0 saturated carbocycles. The van der Waals surface area contributed by atoms with Crippen LogP contribution in [0.3, 0.4) is 0 Å². The summed E-state index contributed by atoms with van der Waals surface area (Å²) < 4.78 is 4.98. The first kappa shape index (κ1) is 17.9. The second-order valence-corrected chi connectivity index (χ2v) is 3.78. The Morgan fingerprint density at radius 3 is 2.44 bits per heavy atom. The minimum absolute atomic E-state index is 0. The number of nitrogens with zero attached hydrogens (tertiary/aromatic N) is 2. The third-order valence-electron chi connectivity index (χ3n) is 1.64. The van der Waals surface area contributed by atoms with Gasteiger partial charge in [0, 0.05) is 27.1 Å². The van der Waals surface area contributed by atoms with Gasteiger partial charge in [-0.25, -0.2) is 0 Å². The second-order valence-electron chi connectivity index (χ2n) is 3.78. The van der Waals surface area contributed by atoms with E-state index in [1.165, 1.54) is 0 Å². The van der Waals surface area contributed by atoms with Crippen LogP contribution in [0.4, 0.5) is 0 Å². The van der Waals surface area contributed by atoms with Crippen LogP contribution in [0.15, 0.2) is 4.99 Å². The van der Waals surface area contributed by atoms with Crippen molar-refractivity contribution in [2.75, 3.05) is 20.6 Å². The fourth-order valence-corrected chi connectivity index (χ4v) is 0.880. The molecule has 0 aliphatic carbocycles. The van der Waals surface area contributed by atoms with Crippen LogP contribution in [0.5, 0.6) is 0 Å². The summed E-state index contributed by atoms with van der Waals surface area (Å²) in [7, 11) is 3.65. The number of hydrogen-bond donors (Lipinski definition) is 1. The van der Waals surface area contributed by atoms with Crippen molar-refractivity contribution in [3.05, 3.63) is 0 Å². The molecule has 0 aromatic rings. The van der Waals surface area contributed by atoms with Gasteiger partial charge in [0.15, 0.2) is 5.96 Å². The second kappa shape index (κ2) is 9.68. The van der Waals surface area contributed by atoms with Crippen molar-refractivity contribution in [1.82, 2.24) is 4.90 Å². The predicted octanol–water partition coefficient (Wildman–Crippen LogP) is 1.21. The molecule has 0 amide bonds. The molecule has 5 nitrogen and oxygen atoms in total. The molecule has 0 unspecified atom stereocenters. The maximum atomic E-state index is 11.1. The lowest BCUT2D eigenvalue weighted by Gasteiger charge is -2.10. The molecular formula is C10H22IN3O2. The van der Waals surface area contributed by atoms with Gasteiger partial charge < -0.3 is 15.4 Å². The van der Waals surface area contributed by atoms with Crippen LogP contribution in [0.1, 0.15) is 26.7 Å². The Kier molecular flexibility index (Phi) is 10.8. The number of carbonyl (C=O) groups excluding carboxylic acids is 1. The number of carbonyl (C=O) groups is 1. The molecule has 0 heterocycles. The highest BCUT2D eigenvalue weighted by atomic mass is 127. The number of halogens is 1. The lowest BCUT2D eigenvalue weighted by molar-refractivity contribution is -0.147. The smallest absolute Gasteiger partial charge is 0.306 e. The molecule has 0 rings (SSSR count). The Balaban J connectivity index is 0. The highest BCUT2D eigenvalue weighted by Gasteiger charge is 2.04. The molecule has 0 saturated heterocycles. The summed E-state index contributed by atoms with van der Waals surface area (Å²) in [6.45, 7) is 4.22. The summed E-state index contributed by atoms with van der Waals surface area (Å²) in [5.41, 5.74) is 5.57. The minimum atomic E-state index is -0.177. The third kappa shape index (κ3) is 10.0. The summed E-state index contributed by atoms with van der Waals surface area (Å²) in [4.78, 5) is 16.9. The van der Waals surface area contributed by atoms with E-state index in [1.807, 2.05) is 27.9 Å². The largest absolute Gasteiger partial charge is 0.463 e. The zero-order valence-corrected chi connectivity index (χ0v) is 12.7. The van der Waals surface area contributed by atoms with Crippen molar-refractivity contribution in [2.24, 2.45) is 10.7 Å². The Bertz CT molecular complexity index is 230. The summed E-state index contributed by atoms with van der Waals surface area (Å²) in [5.74, 6) is 0.302. The molecule has 6 heteroatoms. The van der Waals surface area contributed by atoms with E-state index in [4.69, 9.17) is 10.5 Å². The normalized spacial score (nSPS) is 10.9. The van der Waals surface area contributed by atoms with Crippen LogP contribution < -0.4 is 5.73 Å². The van der Waals surface area contributed by atoms with Crippen LogP contribution >= 0.6 is 24.0 Å². The Morgan fingerprint density at radius 2 is 2.00 bits per heavy atom. The fraction of sp³-hybridized carbons (Fsp3) is 0.800. The van der Waals surface area contributed by atoms with Gasteiger partial charge in [0.25, 0.3) is 0 Å². The van der Waals surface area contributed by atoms with Crippen molar-refractivity contribution < 1.29 is 9.53 Å². The summed E-state index contributed by atoms with van der Waals surface area (Å²) in [5, 5.41) is 0. The standard InChI is InChI=1S/C10H21N3O2.HI/c1-8(2)15-9(14)6-5-7-12-10(11)13(3)4;/h8H,5-7H2,1-4H3,(H2,11,12);1H. The van der Waals surface area contributed by atoms with Crippen LogP contribution in [-0.2, 0) is 9.53 Å². The van der Waals surface area contributed by atoms with Crippen molar-refractivity contribution in [3.8, 4) is 0 Å². The molecular weight excluding hydrogens is 321 g/mol. The molecule has 0 aliphatic heterocycles. The number of hydrogen-bond acceptors (Lipinski definition) is 3. The molecule has 16 heavy (non-hydrogen) atoms. The quantitative estimate of drug-likeness (QED) is 0.268. The van der Waals surface area contributed by atoms with Gasteiger partial charge in [-0.05, 0) is 20.3 Å². The van der Waals surface area contributed by atoms with Crippen molar-refractivity contribution >= 4 is 35.9 Å². The highest BCUT2D eigenvalue weighted by Crippen LogP contribution is 1.97. The first-order valence-corrected chi connectivity index (χ1v) is 5.10. The van der Waals surface area contributed by atoms with E-state index in [0.717, 1.165) is 0 Å². The Hall–Kier alpha value is -0.530. The van der Waals surface area contributed by atoms with E-state index in [-0.39, 0.29) is 36.0 Å². The van der Waals surface area contributed by atoms with E-state index in [1.54, 1.807) is 4.90 Å². The van der Waals surface area contributed by atoms with Gasteiger partial charge in [-0.1, -0.05) is 0 Å². The number of esters is 1. The van der Waals surface area contributed by atoms with E-state index < -0.39 is 0 Å². The Morgan fingerprint density at radius 1 is 1.44 bits per heavy atom. The molecule has 0 radical (unpaired) electrons. The van der Waals surface area contributed by atoms with Gasteiger partial charge in [-0.3, -0.25) is 9.79 Å². The molecule has 96 valence electrons. The van der Waals surface area contributed by atoms with Gasteiger partial charge in [0.05, 0.1) is 6.10 Å². The fourth-order valence-electron chi connectivity index (χ4n) is 0.880. The number of guanidine groups is 1. The number of nitrogens with two attached hydrogens (primary N) is 1. The molecule has 0 spiro atoms. The number of aliphatic imine (C=N–C) groups is 1. The number of rotatable bonds is 5. The van der Waals surface area contributed by atoms with Crippen LogP contribution in [-0.4, -0.2) is 43.6 Å². The summed E-state index contributed by atoms with van der Waals surface area (Å²) in [6, 6.07) is 0. The molecule has 0 aliphatic rings. The number of ether oxygens (including phenoxy) is 1. The molecule has 0 atom stereocenters. The van der Waals surface area contributed by atoms with Gasteiger partial charge >= 0.3 is 5.97 Å². The van der Waals surface area contributed by atoms with E-state index in [9.17, 15) is 4.79 Å². The predicted molar refractivity (Wildman–Crippen MR) is 76.1 cm³/mol. The van der Waals surface area contributed by atoms with Crippen molar-refractivity contribution in [2.45, 2.75) is 32.8 Å². The van der Waals surface area contributed by atoms with Gasteiger partial charge in [0.2, 0.25) is 0 Å². The average molecular weight is 343 g/mol. The van der Waals surface area contributed by atoms with E-state index in [0.29, 0.717) is 25.3 Å². The molecule has 0 aromatic heterocycles. The van der Waals surface area contributed by atoms with Crippen LogP contribution in [0.2, 0.25) is 0 Å². The van der Waals surface area contributed by atoms with E-state index >= 15 is 0 Å². The zero-order valence-electron chi connectivity index (χ0n) is 10.4. The first-order valence-electron chi connectivity index (χ1n) is 5.10.